The van der Waals surface area contributed by atoms with Gasteiger partial charge in [0, 0.05) is 6.04 Å². The van der Waals surface area contributed by atoms with Crippen LogP contribution in [0.4, 0.5) is 0 Å². The first-order valence-corrected chi connectivity index (χ1v) is 8.32. The number of hydrogen-bond donors (Lipinski definition) is 2. The third-order valence-corrected chi connectivity index (χ3v) is 6.85. The van der Waals surface area contributed by atoms with E-state index in [2.05, 4.69) is 5.32 Å². The van der Waals surface area contributed by atoms with Crippen molar-refractivity contribution in [2.75, 3.05) is 0 Å². The van der Waals surface area contributed by atoms with Crippen LogP contribution in [-0.2, 0) is 14.3 Å². The average Bonchev–Trinajstić information content (AvgIpc) is 2.84. The summed E-state index contributed by atoms with van der Waals surface area (Å²) >= 11 is 0. The fourth-order valence-electron chi connectivity index (χ4n) is 5.83. The number of carbonyl (C=O) groups is 2. The molecule has 5 fully saturated rings. The summed E-state index contributed by atoms with van der Waals surface area (Å²) in [5.41, 5.74) is 0. The van der Waals surface area contributed by atoms with E-state index in [1.807, 2.05) is 0 Å². The first kappa shape index (κ1) is 12.4. The molecule has 0 aromatic heterocycles. The smallest absolute Gasteiger partial charge is 0.308 e. The van der Waals surface area contributed by atoms with Crippen LogP contribution in [0.3, 0.4) is 0 Å². The Labute approximate surface area is 123 Å². The molecule has 5 heteroatoms. The second kappa shape index (κ2) is 4.00. The summed E-state index contributed by atoms with van der Waals surface area (Å²) in [6.45, 7) is 0. The number of aliphatic carboxylic acids is 1. The second-order valence-electron chi connectivity index (χ2n) is 7.78. The fraction of sp³-hybridized carbons (Fsp3) is 0.875. The van der Waals surface area contributed by atoms with E-state index in [9.17, 15) is 14.7 Å². The summed E-state index contributed by atoms with van der Waals surface area (Å²) in [6, 6.07) is -0.150. The Kier molecular flexibility index (Phi) is 2.37. The molecule has 3 aliphatic carbocycles. The maximum absolute atomic E-state index is 12.6. The van der Waals surface area contributed by atoms with Crippen molar-refractivity contribution < 1.29 is 19.4 Å². The number of rotatable bonds is 3. The summed E-state index contributed by atoms with van der Waals surface area (Å²) in [7, 11) is 0. The van der Waals surface area contributed by atoms with Gasteiger partial charge >= 0.3 is 5.97 Å². The molecule has 2 saturated heterocycles. The molecule has 0 unspecified atom stereocenters. The lowest BCUT2D eigenvalue weighted by Gasteiger charge is -2.30. The maximum Gasteiger partial charge on any atom is 0.308 e. The van der Waals surface area contributed by atoms with Gasteiger partial charge in [-0.2, -0.15) is 0 Å². The molecule has 4 bridgehead atoms. The number of nitrogens with one attached hydrogen (secondary N) is 1. The van der Waals surface area contributed by atoms with E-state index >= 15 is 0 Å². The van der Waals surface area contributed by atoms with E-state index in [0.717, 1.165) is 25.7 Å². The van der Waals surface area contributed by atoms with Gasteiger partial charge < -0.3 is 15.2 Å². The highest BCUT2D eigenvalue weighted by molar-refractivity contribution is 5.82. The Balaban J connectivity index is 1.31. The maximum atomic E-state index is 12.6. The molecule has 1 amide bonds. The lowest BCUT2D eigenvalue weighted by atomic mass is 9.83. The molecule has 2 aliphatic heterocycles. The largest absolute Gasteiger partial charge is 0.481 e. The zero-order chi connectivity index (χ0) is 14.3. The van der Waals surface area contributed by atoms with Gasteiger partial charge in [-0.3, -0.25) is 9.59 Å². The van der Waals surface area contributed by atoms with E-state index < -0.39 is 5.97 Å². The van der Waals surface area contributed by atoms with Gasteiger partial charge in [-0.05, 0) is 55.8 Å². The number of carboxylic acid groups (broad SMARTS) is 1. The average molecular weight is 291 g/mol. The monoisotopic (exact) mass is 291 g/mol. The lowest BCUT2D eigenvalue weighted by molar-refractivity contribution is -0.145. The molecule has 9 atom stereocenters. The molecule has 5 nitrogen and oxygen atoms in total. The Hall–Kier alpha value is -1.10. The predicted molar refractivity (Wildman–Crippen MR) is 72.3 cm³/mol. The van der Waals surface area contributed by atoms with Crippen LogP contribution < -0.4 is 5.32 Å². The van der Waals surface area contributed by atoms with Crippen LogP contribution in [0.1, 0.15) is 32.1 Å². The number of amides is 1. The topological polar surface area (TPSA) is 75.6 Å². The number of fused-ring (bicyclic) bond motifs is 7. The van der Waals surface area contributed by atoms with Gasteiger partial charge in [0.25, 0.3) is 0 Å². The molecule has 5 aliphatic rings. The summed E-state index contributed by atoms with van der Waals surface area (Å²) in [4.78, 5) is 24.1. The molecule has 0 aromatic carbocycles. The van der Waals surface area contributed by atoms with Crippen LogP contribution >= 0.6 is 0 Å². The van der Waals surface area contributed by atoms with E-state index in [4.69, 9.17) is 4.74 Å². The minimum Gasteiger partial charge on any atom is -0.481 e. The van der Waals surface area contributed by atoms with Crippen molar-refractivity contribution >= 4 is 11.9 Å². The first-order chi connectivity index (χ1) is 10.1. The van der Waals surface area contributed by atoms with Crippen LogP contribution in [0.15, 0.2) is 0 Å². The van der Waals surface area contributed by atoms with Gasteiger partial charge in [-0.15, -0.1) is 0 Å². The molecule has 2 heterocycles. The lowest BCUT2D eigenvalue weighted by Crippen LogP contribution is -2.50. The quantitative estimate of drug-likeness (QED) is 0.814. The zero-order valence-electron chi connectivity index (χ0n) is 11.9. The minimum absolute atomic E-state index is 0.0349. The van der Waals surface area contributed by atoms with Crippen molar-refractivity contribution in [1.82, 2.24) is 5.32 Å². The normalized spacial score (nSPS) is 55.5. The summed E-state index contributed by atoms with van der Waals surface area (Å²) in [5, 5.41) is 12.6. The van der Waals surface area contributed by atoms with E-state index in [1.54, 1.807) is 0 Å². The van der Waals surface area contributed by atoms with Gasteiger partial charge in [0.15, 0.2) is 0 Å². The molecule has 5 rings (SSSR count). The fourth-order valence-corrected chi connectivity index (χ4v) is 5.83. The summed E-state index contributed by atoms with van der Waals surface area (Å²) in [6.07, 6.45) is 5.53. The zero-order valence-corrected chi connectivity index (χ0v) is 11.9. The van der Waals surface area contributed by atoms with Crippen molar-refractivity contribution in [3.8, 4) is 0 Å². The Morgan fingerprint density at radius 2 is 1.86 bits per heavy atom. The summed E-state index contributed by atoms with van der Waals surface area (Å²) in [5.74, 6) is 0.863. The van der Waals surface area contributed by atoms with Gasteiger partial charge in [0.1, 0.15) is 0 Å². The highest BCUT2D eigenvalue weighted by Crippen LogP contribution is 2.60. The molecule has 3 saturated carbocycles. The highest BCUT2D eigenvalue weighted by atomic mass is 16.5. The molecule has 114 valence electrons. The van der Waals surface area contributed by atoms with Crippen molar-refractivity contribution in [2.24, 2.45) is 35.5 Å². The van der Waals surface area contributed by atoms with Crippen molar-refractivity contribution in [2.45, 2.75) is 50.4 Å². The van der Waals surface area contributed by atoms with Crippen LogP contribution in [0.25, 0.3) is 0 Å². The second-order valence-corrected chi connectivity index (χ2v) is 7.78. The van der Waals surface area contributed by atoms with Crippen LogP contribution in [0, 0.1) is 35.5 Å². The number of carbonyl (C=O) groups excluding carboxylic acids is 1. The van der Waals surface area contributed by atoms with E-state index in [1.165, 1.54) is 6.42 Å². The third-order valence-electron chi connectivity index (χ3n) is 6.85. The third kappa shape index (κ3) is 1.61. The number of carboxylic acids is 1. The van der Waals surface area contributed by atoms with Gasteiger partial charge in [0.2, 0.25) is 5.91 Å². The first-order valence-electron chi connectivity index (χ1n) is 8.32. The SMILES string of the molecule is O=C(O)[C@H]1[C@@H]2CC[C@@H](C2)[C@H]1NC(=O)[C@@H]1C[C@@H]2O[C@H]1[C@H]1C[C@H]12. The molecule has 0 spiro atoms. The van der Waals surface area contributed by atoms with E-state index in [0.29, 0.717) is 23.9 Å². The van der Waals surface area contributed by atoms with Gasteiger partial charge in [0.05, 0.1) is 24.0 Å². The molecule has 0 radical (unpaired) electrons. The molecular weight excluding hydrogens is 270 g/mol. The van der Waals surface area contributed by atoms with E-state index in [-0.39, 0.29) is 35.8 Å². The van der Waals surface area contributed by atoms with Crippen molar-refractivity contribution in [1.29, 1.82) is 0 Å². The highest BCUT2D eigenvalue weighted by Gasteiger charge is 2.64. The number of hydrogen-bond acceptors (Lipinski definition) is 3. The minimum atomic E-state index is -0.737. The Morgan fingerprint density at radius 1 is 1.05 bits per heavy atom. The van der Waals surface area contributed by atoms with Crippen LogP contribution in [0.5, 0.6) is 0 Å². The Bertz CT molecular complexity index is 520. The van der Waals surface area contributed by atoms with Gasteiger partial charge in [-0.1, -0.05) is 0 Å². The molecular formula is C16H21NO4. The molecule has 2 N–H and O–H groups in total. The number of ether oxygens (including phenoxy) is 1. The molecule has 21 heavy (non-hydrogen) atoms. The van der Waals surface area contributed by atoms with Crippen molar-refractivity contribution in [3.05, 3.63) is 0 Å². The van der Waals surface area contributed by atoms with Crippen LogP contribution in [-0.4, -0.2) is 35.2 Å². The van der Waals surface area contributed by atoms with Crippen LogP contribution in [0.2, 0.25) is 0 Å². The van der Waals surface area contributed by atoms with Gasteiger partial charge in [-0.25, -0.2) is 0 Å². The summed E-state index contributed by atoms with van der Waals surface area (Å²) < 4.78 is 5.89. The van der Waals surface area contributed by atoms with Crippen molar-refractivity contribution in [3.63, 3.8) is 0 Å². The Morgan fingerprint density at radius 3 is 2.57 bits per heavy atom. The molecule has 0 aromatic rings. The predicted octanol–water partition coefficient (Wildman–Crippen LogP) is 1.03. The standard InChI is InChI=1S/C16H21NO4/c18-15(10-5-11-8-4-9(8)14(10)21-11)17-13-7-2-1-6(3-7)12(13)16(19)20/h6-14H,1-5H2,(H,17,18)(H,19,20)/t6-,7+,8-,9+,10-,11+,12+,13-,14+/m1/s1.